The van der Waals surface area contributed by atoms with Crippen molar-refractivity contribution in [3.8, 4) is 5.75 Å². The molecule has 0 spiro atoms. The summed E-state index contributed by atoms with van der Waals surface area (Å²) >= 11 is 0. The van der Waals surface area contributed by atoms with Crippen molar-refractivity contribution in [3.05, 3.63) is 29.8 Å². The maximum absolute atomic E-state index is 12.2. The van der Waals surface area contributed by atoms with Gasteiger partial charge in [0.05, 0.1) is 12.6 Å². The third kappa shape index (κ3) is 5.11. The van der Waals surface area contributed by atoms with E-state index in [1.807, 2.05) is 24.3 Å². The molecule has 3 rings (SSSR count). The average molecular weight is 345 g/mol. The van der Waals surface area contributed by atoms with Gasteiger partial charge in [0, 0.05) is 31.0 Å². The molecule has 0 bridgehead atoms. The normalized spacial score (nSPS) is 20.1. The van der Waals surface area contributed by atoms with Crippen molar-refractivity contribution < 1.29 is 14.3 Å². The molecule has 6 heteroatoms. The molecule has 0 aromatic heterocycles. The van der Waals surface area contributed by atoms with Gasteiger partial charge in [0.2, 0.25) is 5.91 Å². The smallest absolute Gasteiger partial charge is 0.315 e. The van der Waals surface area contributed by atoms with Gasteiger partial charge in [0.1, 0.15) is 5.75 Å². The zero-order valence-electron chi connectivity index (χ0n) is 14.6. The lowest BCUT2D eigenvalue weighted by molar-refractivity contribution is -0.121. The second kappa shape index (κ2) is 8.74. The van der Waals surface area contributed by atoms with E-state index in [1.54, 1.807) is 0 Å². The van der Waals surface area contributed by atoms with Crippen molar-refractivity contribution >= 4 is 11.9 Å². The van der Waals surface area contributed by atoms with Gasteiger partial charge < -0.3 is 20.7 Å². The number of nitrogens with one attached hydrogen (secondary N) is 3. The van der Waals surface area contributed by atoms with E-state index in [1.165, 1.54) is 19.3 Å². The topological polar surface area (TPSA) is 79.5 Å². The lowest BCUT2D eigenvalue weighted by atomic mass is 9.96. The first-order chi connectivity index (χ1) is 12.2. The summed E-state index contributed by atoms with van der Waals surface area (Å²) in [5, 5.41) is 8.81. The Balaban J connectivity index is 1.38. The fourth-order valence-corrected chi connectivity index (χ4v) is 3.53. The molecule has 2 aliphatic rings. The number of amides is 3. The van der Waals surface area contributed by atoms with Gasteiger partial charge in [-0.25, -0.2) is 4.79 Å². The van der Waals surface area contributed by atoms with Crippen LogP contribution in [0.15, 0.2) is 24.3 Å². The van der Waals surface area contributed by atoms with Gasteiger partial charge in [-0.3, -0.25) is 4.79 Å². The molecule has 1 atom stereocenters. The number of hydrogen-bond donors (Lipinski definition) is 3. The molecule has 136 valence electrons. The quantitative estimate of drug-likeness (QED) is 0.767. The van der Waals surface area contributed by atoms with Gasteiger partial charge in [-0.15, -0.1) is 0 Å². The SMILES string of the molecule is O=C(CCNC(=O)NC1CCCCC1)N[C@@H]1CCOc2ccccc21. The summed E-state index contributed by atoms with van der Waals surface area (Å²) in [6.45, 7) is 0.944. The molecule has 1 fully saturated rings. The highest BCUT2D eigenvalue weighted by molar-refractivity contribution is 5.78. The molecule has 0 unspecified atom stereocenters. The maximum Gasteiger partial charge on any atom is 0.315 e. The summed E-state index contributed by atoms with van der Waals surface area (Å²) in [7, 11) is 0. The number of para-hydroxylation sites is 1. The zero-order valence-corrected chi connectivity index (χ0v) is 14.6. The molecule has 1 saturated carbocycles. The van der Waals surface area contributed by atoms with E-state index in [0.29, 0.717) is 13.2 Å². The van der Waals surface area contributed by atoms with Crippen LogP contribution in [-0.4, -0.2) is 31.1 Å². The lowest BCUT2D eigenvalue weighted by Gasteiger charge is -2.26. The molecular formula is C19H27N3O3. The summed E-state index contributed by atoms with van der Waals surface area (Å²) < 4.78 is 5.60. The van der Waals surface area contributed by atoms with E-state index in [-0.39, 0.29) is 30.4 Å². The molecule has 1 heterocycles. The standard InChI is InChI=1S/C19H27N3O3/c23-18(10-12-20-19(24)21-14-6-2-1-3-7-14)22-16-11-13-25-17-9-5-4-8-15(16)17/h4-5,8-9,14,16H,1-3,6-7,10-13H2,(H,22,23)(H2,20,21,24)/t16-/m1/s1. The monoisotopic (exact) mass is 345 g/mol. The van der Waals surface area contributed by atoms with Crippen molar-refractivity contribution in [1.82, 2.24) is 16.0 Å². The molecular weight excluding hydrogens is 318 g/mol. The second-order valence-electron chi connectivity index (χ2n) is 6.78. The molecule has 1 aromatic rings. The van der Waals surface area contributed by atoms with Gasteiger partial charge in [0.15, 0.2) is 0 Å². The Morgan fingerprint density at radius 3 is 2.68 bits per heavy atom. The van der Waals surface area contributed by atoms with E-state index in [4.69, 9.17) is 4.74 Å². The van der Waals surface area contributed by atoms with Crippen LogP contribution < -0.4 is 20.7 Å². The Morgan fingerprint density at radius 1 is 1.04 bits per heavy atom. The van der Waals surface area contributed by atoms with Crippen LogP contribution in [0.25, 0.3) is 0 Å². The molecule has 6 nitrogen and oxygen atoms in total. The third-order valence-electron chi connectivity index (χ3n) is 4.87. The number of urea groups is 1. The van der Waals surface area contributed by atoms with E-state index < -0.39 is 0 Å². The largest absolute Gasteiger partial charge is 0.493 e. The van der Waals surface area contributed by atoms with Crippen LogP contribution in [-0.2, 0) is 4.79 Å². The third-order valence-corrected chi connectivity index (χ3v) is 4.87. The van der Waals surface area contributed by atoms with Crippen LogP contribution in [0, 0.1) is 0 Å². The van der Waals surface area contributed by atoms with Crippen molar-refractivity contribution in [2.45, 2.75) is 57.0 Å². The first kappa shape index (κ1) is 17.6. The molecule has 1 aliphatic heterocycles. The predicted molar refractivity (Wildman–Crippen MR) is 95.5 cm³/mol. The van der Waals surface area contributed by atoms with E-state index in [9.17, 15) is 9.59 Å². The summed E-state index contributed by atoms with van der Waals surface area (Å²) in [5.74, 6) is 0.781. The Labute approximate surface area is 148 Å². The fraction of sp³-hybridized carbons (Fsp3) is 0.579. The number of ether oxygens (including phenoxy) is 1. The van der Waals surface area contributed by atoms with Crippen LogP contribution in [0.2, 0.25) is 0 Å². The van der Waals surface area contributed by atoms with Gasteiger partial charge in [-0.1, -0.05) is 37.5 Å². The minimum Gasteiger partial charge on any atom is -0.493 e. The molecule has 1 aliphatic carbocycles. The van der Waals surface area contributed by atoms with Crippen LogP contribution in [0.1, 0.15) is 56.6 Å². The Bertz CT molecular complexity index is 599. The van der Waals surface area contributed by atoms with Crippen molar-refractivity contribution in [1.29, 1.82) is 0 Å². The highest BCUT2D eigenvalue weighted by Crippen LogP contribution is 2.31. The van der Waals surface area contributed by atoms with E-state index in [0.717, 1.165) is 30.6 Å². The minimum atomic E-state index is -0.170. The van der Waals surface area contributed by atoms with Crippen molar-refractivity contribution in [2.75, 3.05) is 13.2 Å². The Kier molecular flexibility index (Phi) is 6.14. The lowest BCUT2D eigenvalue weighted by Crippen LogP contribution is -2.44. The van der Waals surface area contributed by atoms with E-state index in [2.05, 4.69) is 16.0 Å². The highest BCUT2D eigenvalue weighted by atomic mass is 16.5. The maximum atomic E-state index is 12.2. The summed E-state index contributed by atoms with van der Waals surface area (Å²) in [6.07, 6.45) is 6.76. The van der Waals surface area contributed by atoms with Gasteiger partial charge in [-0.2, -0.15) is 0 Å². The highest BCUT2D eigenvalue weighted by Gasteiger charge is 2.22. The molecule has 3 amide bonds. The Hall–Kier alpha value is -2.24. The number of hydrogen-bond acceptors (Lipinski definition) is 3. The molecule has 0 saturated heterocycles. The fourth-order valence-electron chi connectivity index (χ4n) is 3.53. The first-order valence-electron chi connectivity index (χ1n) is 9.28. The zero-order chi connectivity index (χ0) is 17.5. The van der Waals surface area contributed by atoms with Gasteiger partial charge in [0.25, 0.3) is 0 Å². The van der Waals surface area contributed by atoms with Crippen molar-refractivity contribution in [3.63, 3.8) is 0 Å². The van der Waals surface area contributed by atoms with Gasteiger partial charge in [-0.05, 0) is 18.9 Å². The number of carbonyl (C=O) groups is 2. The molecule has 25 heavy (non-hydrogen) atoms. The predicted octanol–water partition coefficient (Wildman–Crippen LogP) is 2.65. The van der Waals surface area contributed by atoms with Crippen molar-refractivity contribution in [2.24, 2.45) is 0 Å². The first-order valence-corrected chi connectivity index (χ1v) is 9.28. The summed E-state index contributed by atoms with van der Waals surface area (Å²) in [6, 6.07) is 7.87. The number of benzene rings is 1. The Morgan fingerprint density at radius 2 is 1.84 bits per heavy atom. The van der Waals surface area contributed by atoms with Gasteiger partial charge >= 0.3 is 6.03 Å². The second-order valence-corrected chi connectivity index (χ2v) is 6.78. The average Bonchev–Trinajstić information content (AvgIpc) is 2.63. The van der Waals surface area contributed by atoms with Crippen LogP contribution >= 0.6 is 0 Å². The van der Waals surface area contributed by atoms with E-state index >= 15 is 0 Å². The summed E-state index contributed by atoms with van der Waals surface area (Å²) in [4.78, 5) is 24.0. The van der Waals surface area contributed by atoms with Crippen LogP contribution in [0.3, 0.4) is 0 Å². The molecule has 0 radical (unpaired) electrons. The summed E-state index contributed by atoms with van der Waals surface area (Å²) in [5.41, 5.74) is 1.02. The minimum absolute atomic E-state index is 0.0199. The number of carbonyl (C=O) groups excluding carboxylic acids is 2. The molecule has 1 aromatic carbocycles. The number of rotatable bonds is 5. The number of fused-ring (bicyclic) bond motifs is 1. The van der Waals surface area contributed by atoms with Crippen LogP contribution in [0.5, 0.6) is 5.75 Å². The molecule has 3 N–H and O–H groups in total. The van der Waals surface area contributed by atoms with Crippen LogP contribution in [0.4, 0.5) is 4.79 Å².